The van der Waals surface area contributed by atoms with E-state index in [1.165, 1.54) is 0 Å². The van der Waals surface area contributed by atoms with E-state index >= 15 is 0 Å². The maximum Gasteiger partial charge on any atom is 0.241 e. The van der Waals surface area contributed by atoms with E-state index in [2.05, 4.69) is 4.72 Å². The number of rotatable bonds is 4. The molecule has 2 rings (SSSR count). The van der Waals surface area contributed by atoms with Crippen LogP contribution in [0.2, 0.25) is 0 Å². The van der Waals surface area contributed by atoms with Gasteiger partial charge in [-0.05, 0) is 44.9 Å². The van der Waals surface area contributed by atoms with Crippen LogP contribution in [0.5, 0.6) is 0 Å². The lowest BCUT2D eigenvalue weighted by Gasteiger charge is -2.19. The van der Waals surface area contributed by atoms with E-state index in [0.717, 1.165) is 24.0 Å². The van der Waals surface area contributed by atoms with Gasteiger partial charge in [0.05, 0.1) is 4.90 Å². The quantitative estimate of drug-likeness (QED) is 0.925. The highest BCUT2D eigenvalue weighted by Crippen LogP contribution is 2.23. The van der Waals surface area contributed by atoms with Gasteiger partial charge in [-0.15, -0.1) is 0 Å². The second kappa shape index (κ2) is 6.12. The minimum atomic E-state index is -3.50. The Morgan fingerprint density at radius 2 is 1.90 bits per heavy atom. The van der Waals surface area contributed by atoms with Gasteiger partial charge in [0.15, 0.2) is 0 Å². The summed E-state index contributed by atoms with van der Waals surface area (Å²) in [6, 6.07) is 6.56. The lowest BCUT2D eigenvalue weighted by molar-refractivity contribution is 0.570. The number of aryl methyl sites for hydroxylation is 1. The summed E-state index contributed by atoms with van der Waals surface area (Å²) in [5.41, 5.74) is 2.04. The van der Waals surface area contributed by atoms with E-state index in [9.17, 15) is 8.42 Å². The third kappa shape index (κ3) is 3.72. The summed E-state index contributed by atoms with van der Waals surface area (Å²) < 4.78 is 27.3. The maximum absolute atomic E-state index is 12.3. The average Bonchev–Trinajstić information content (AvgIpc) is 2.38. The van der Waals surface area contributed by atoms with E-state index in [-0.39, 0.29) is 10.9 Å². The van der Waals surface area contributed by atoms with Crippen LogP contribution in [0.4, 0.5) is 0 Å². The summed E-state index contributed by atoms with van der Waals surface area (Å²) >= 11 is 5.97. The maximum atomic E-state index is 12.3. The minimum Gasteiger partial charge on any atom is -0.207 e. The van der Waals surface area contributed by atoms with Crippen molar-refractivity contribution < 1.29 is 8.42 Å². The van der Waals surface area contributed by atoms with Gasteiger partial charge < -0.3 is 0 Å². The van der Waals surface area contributed by atoms with Crippen molar-refractivity contribution >= 4 is 21.6 Å². The van der Waals surface area contributed by atoms with Gasteiger partial charge in [-0.2, -0.15) is 0 Å². The molecule has 1 atom stereocenters. The lowest BCUT2D eigenvalue weighted by atomic mass is 10.00. The third-order valence-electron chi connectivity index (χ3n) is 3.32. The third-order valence-corrected chi connectivity index (χ3v) is 5.14. The molecule has 1 N–H and O–H groups in total. The van der Waals surface area contributed by atoms with Crippen molar-refractivity contribution in [3.63, 3.8) is 0 Å². The average molecular weight is 312 g/mol. The first-order chi connectivity index (χ1) is 9.38. The Morgan fingerprint density at radius 3 is 2.50 bits per heavy atom. The van der Waals surface area contributed by atoms with Crippen molar-refractivity contribution in [1.82, 2.24) is 4.72 Å². The van der Waals surface area contributed by atoms with Gasteiger partial charge in [-0.3, -0.25) is 0 Å². The fourth-order valence-corrected chi connectivity index (χ4v) is 3.62. The molecule has 1 aromatic carbocycles. The van der Waals surface area contributed by atoms with Gasteiger partial charge in [-0.25, -0.2) is 13.1 Å². The Balaban J connectivity index is 2.16. The molecule has 0 fully saturated rings. The van der Waals surface area contributed by atoms with Gasteiger partial charge >= 0.3 is 0 Å². The Kier molecular flexibility index (Phi) is 4.68. The van der Waals surface area contributed by atoms with Crippen LogP contribution in [0.15, 0.2) is 51.9 Å². The van der Waals surface area contributed by atoms with Gasteiger partial charge in [0.25, 0.3) is 0 Å². The molecule has 0 saturated carbocycles. The Bertz CT molecular complexity index is 645. The second-order valence-corrected chi connectivity index (χ2v) is 7.15. The van der Waals surface area contributed by atoms with Crippen LogP contribution in [0.25, 0.3) is 0 Å². The van der Waals surface area contributed by atoms with Crippen molar-refractivity contribution in [2.24, 2.45) is 0 Å². The molecule has 0 amide bonds. The highest BCUT2D eigenvalue weighted by Gasteiger charge is 2.20. The first kappa shape index (κ1) is 15.3. The van der Waals surface area contributed by atoms with Crippen LogP contribution >= 0.6 is 11.6 Å². The predicted molar refractivity (Wildman–Crippen MR) is 82.2 cm³/mol. The molecule has 20 heavy (non-hydrogen) atoms. The topological polar surface area (TPSA) is 46.2 Å². The minimum absolute atomic E-state index is 0.260. The molecular weight excluding hydrogens is 294 g/mol. The summed E-state index contributed by atoms with van der Waals surface area (Å²) in [7, 11) is -3.50. The number of benzene rings is 1. The lowest BCUT2D eigenvalue weighted by Crippen LogP contribution is -2.34. The smallest absolute Gasteiger partial charge is 0.207 e. The van der Waals surface area contributed by atoms with Crippen molar-refractivity contribution in [3.05, 3.63) is 52.6 Å². The number of halogens is 1. The molecule has 1 aromatic rings. The Hall–Kier alpha value is -1.10. The summed E-state index contributed by atoms with van der Waals surface area (Å²) in [6.45, 7) is 3.76. The first-order valence-corrected chi connectivity index (χ1v) is 8.40. The Labute approximate surface area is 125 Å². The normalized spacial score (nSPS) is 17.4. The van der Waals surface area contributed by atoms with Crippen LogP contribution in [-0.2, 0) is 10.0 Å². The zero-order chi connectivity index (χ0) is 14.8. The molecule has 0 unspecified atom stereocenters. The summed E-state index contributed by atoms with van der Waals surface area (Å²) in [5.74, 6) is 0. The van der Waals surface area contributed by atoms with E-state index < -0.39 is 10.0 Å². The largest absolute Gasteiger partial charge is 0.241 e. The molecule has 0 radical (unpaired) electrons. The van der Waals surface area contributed by atoms with Crippen molar-refractivity contribution in [1.29, 1.82) is 0 Å². The van der Waals surface area contributed by atoms with E-state index in [0.29, 0.717) is 5.03 Å². The highest BCUT2D eigenvalue weighted by molar-refractivity contribution is 7.89. The first-order valence-electron chi connectivity index (χ1n) is 6.53. The van der Waals surface area contributed by atoms with Crippen molar-refractivity contribution in [3.8, 4) is 0 Å². The molecule has 5 heteroatoms. The van der Waals surface area contributed by atoms with Crippen LogP contribution in [0, 0.1) is 6.92 Å². The highest BCUT2D eigenvalue weighted by atomic mass is 35.5. The SMILES string of the molecule is Cc1ccc(S(=O)(=O)N[C@@H](C)C2=CC(Cl)=CCC2)cc1. The number of nitrogens with one attached hydrogen (secondary N) is 1. The van der Waals surface area contributed by atoms with Gasteiger partial charge in [0.1, 0.15) is 0 Å². The molecule has 0 aromatic heterocycles. The van der Waals surface area contributed by atoms with Crippen LogP contribution in [0.1, 0.15) is 25.3 Å². The molecule has 0 saturated heterocycles. The molecule has 1 aliphatic carbocycles. The van der Waals surface area contributed by atoms with E-state index in [1.807, 2.05) is 26.0 Å². The number of sulfonamides is 1. The van der Waals surface area contributed by atoms with E-state index in [4.69, 9.17) is 11.6 Å². The zero-order valence-corrected chi connectivity index (χ0v) is 13.1. The van der Waals surface area contributed by atoms with Crippen LogP contribution in [-0.4, -0.2) is 14.5 Å². The second-order valence-electron chi connectivity index (χ2n) is 5.00. The molecule has 0 spiro atoms. The zero-order valence-electron chi connectivity index (χ0n) is 11.6. The van der Waals surface area contributed by atoms with Gasteiger partial charge in [0, 0.05) is 11.1 Å². The summed E-state index contributed by atoms with van der Waals surface area (Å²) in [5, 5.41) is 0.674. The van der Waals surface area contributed by atoms with Crippen molar-refractivity contribution in [2.75, 3.05) is 0 Å². The van der Waals surface area contributed by atoms with Crippen molar-refractivity contribution in [2.45, 2.75) is 37.6 Å². The molecule has 3 nitrogen and oxygen atoms in total. The molecule has 0 aliphatic heterocycles. The Morgan fingerprint density at radius 1 is 1.25 bits per heavy atom. The summed E-state index contributed by atoms with van der Waals surface area (Å²) in [4.78, 5) is 0.285. The van der Waals surface area contributed by atoms with Gasteiger partial charge in [-0.1, -0.05) is 40.9 Å². The number of hydrogen-bond acceptors (Lipinski definition) is 2. The molecule has 0 heterocycles. The number of allylic oxidation sites excluding steroid dienone is 3. The fourth-order valence-electron chi connectivity index (χ4n) is 2.12. The number of hydrogen-bond donors (Lipinski definition) is 1. The monoisotopic (exact) mass is 311 g/mol. The molecule has 108 valence electrons. The fraction of sp³-hybridized carbons (Fsp3) is 0.333. The van der Waals surface area contributed by atoms with Gasteiger partial charge in [0.2, 0.25) is 10.0 Å². The standard InChI is InChI=1S/C15H18ClNO2S/c1-11-6-8-15(9-7-11)20(18,19)17-12(2)13-4-3-5-14(16)10-13/h5-10,12,17H,3-4H2,1-2H3/t12-/m0/s1. The molecule has 0 bridgehead atoms. The predicted octanol–water partition coefficient (Wildman–Crippen LogP) is 3.50. The molecular formula is C15H18ClNO2S. The summed E-state index contributed by atoms with van der Waals surface area (Å²) in [6.07, 6.45) is 5.45. The van der Waals surface area contributed by atoms with Crippen LogP contribution < -0.4 is 4.72 Å². The molecule has 1 aliphatic rings. The van der Waals surface area contributed by atoms with Crippen LogP contribution in [0.3, 0.4) is 0 Å². The van der Waals surface area contributed by atoms with E-state index in [1.54, 1.807) is 24.3 Å².